The Hall–Kier alpha value is -1.36. The van der Waals surface area contributed by atoms with Crippen molar-refractivity contribution in [3.05, 3.63) is 28.2 Å². The first-order valence-corrected chi connectivity index (χ1v) is 7.04. The number of halogens is 1. The zero-order valence-corrected chi connectivity index (χ0v) is 13.0. The quantitative estimate of drug-likeness (QED) is 0.836. The summed E-state index contributed by atoms with van der Waals surface area (Å²) >= 11 is 3.38. The Labute approximate surface area is 122 Å². The Bertz CT molecular complexity index is 473. The fourth-order valence-electron chi connectivity index (χ4n) is 1.41. The summed E-state index contributed by atoms with van der Waals surface area (Å²) < 4.78 is 0.894. The van der Waals surface area contributed by atoms with E-state index in [0.717, 1.165) is 16.5 Å². The predicted molar refractivity (Wildman–Crippen MR) is 80.0 cm³/mol. The van der Waals surface area contributed by atoms with Crippen LogP contribution in [-0.2, 0) is 9.59 Å². The average molecular weight is 327 g/mol. The van der Waals surface area contributed by atoms with Crippen molar-refractivity contribution in [2.45, 2.75) is 27.2 Å². The summed E-state index contributed by atoms with van der Waals surface area (Å²) in [5.41, 5.74) is 1.67. The molecule has 19 heavy (non-hydrogen) atoms. The van der Waals surface area contributed by atoms with Crippen molar-refractivity contribution in [1.82, 2.24) is 5.32 Å². The third-order valence-electron chi connectivity index (χ3n) is 2.64. The van der Waals surface area contributed by atoms with E-state index in [0.29, 0.717) is 18.2 Å². The molecule has 0 aromatic heterocycles. The van der Waals surface area contributed by atoms with Crippen LogP contribution in [0.25, 0.3) is 0 Å². The SMILES string of the molecule is Cc1ccc(NC(=O)C(=O)NCCC(C)C)cc1Br. The Morgan fingerprint density at radius 3 is 2.53 bits per heavy atom. The zero-order valence-electron chi connectivity index (χ0n) is 11.4. The van der Waals surface area contributed by atoms with Crippen LogP contribution in [0, 0.1) is 12.8 Å². The second kappa shape index (κ2) is 7.28. The van der Waals surface area contributed by atoms with E-state index >= 15 is 0 Å². The van der Waals surface area contributed by atoms with Gasteiger partial charge >= 0.3 is 11.8 Å². The summed E-state index contributed by atoms with van der Waals surface area (Å²) in [6, 6.07) is 5.41. The van der Waals surface area contributed by atoms with Gasteiger partial charge in [-0.3, -0.25) is 9.59 Å². The smallest absolute Gasteiger partial charge is 0.313 e. The minimum absolute atomic E-state index is 0.497. The molecule has 1 aromatic carbocycles. The van der Waals surface area contributed by atoms with Crippen LogP contribution < -0.4 is 10.6 Å². The molecule has 1 aromatic rings. The number of rotatable bonds is 4. The van der Waals surface area contributed by atoms with Gasteiger partial charge in [0.15, 0.2) is 0 Å². The summed E-state index contributed by atoms with van der Waals surface area (Å²) in [7, 11) is 0. The molecule has 104 valence electrons. The summed E-state index contributed by atoms with van der Waals surface area (Å²) in [6.07, 6.45) is 0.856. The first kappa shape index (κ1) is 15.7. The number of anilines is 1. The number of nitrogens with one attached hydrogen (secondary N) is 2. The molecule has 0 bridgehead atoms. The Morgan fingerprint density at radius 2 is 1.95 bits per heavy atom. The van der Waals surface area contributed by atoms with E-state index < -0.39 is 11.8 Å². The number of amides is 2. The molecular formula is C14H19BrN2O2. The molecule has 0 fully saturated rings. The van der Waals surface area contributed by atoms with Crippen molar-refractivity contribution in [2.75, 3.05) is 11.9 Å². The highest BCUT2D eigenvalue weighted by atomic mass is 79.9. The highest BCUT2D eigenvalue weighted by Gasteiger charge is 2.13. The van der Waals surface area contributed by atoms with Crippen LogP contribution in [0.3, 0.4) is 0 Å². The Kier molecular flexibility index (Phi) is 6.02. The molecule has 2 N–H and O–H groups in total. The highest BCUT2D eigenvalue weighted by molar-refractivity contribution is 9.10. The molecule has 0 aliphatic rings. The molecule has 0 saturated heterocycles. The highest BCUT2D eigenvalue weighted by Crippen LogP contribution is 2.20. The van der Waals surface area contributed by atoms with Crippen LogP contribution in [0.5, 0.6) is 0 Å². The van der Waals surface area contributed by atoms with Crippen molar-refractivity contribution in [1.29, 1.82) is 0 Å². The number of carbonyl (C=O) groups is 2. The summed E-state index contributed by atoms with van der Waals surface area (Å²) in [6.45, 7) is 6.60. The van der Waals surface area contributed by atoms with Crippen LogP contribution in [0.15, 0.2) is 22.7 Å². The van der Waals surface area contributed by atoms with Gasteiger partial charge in [-0.15, -0.1) is 0 Å². The molecular weight excluding hydrogens is 308 g/mol. The van der Waals surface area contributed by atoms with Crippen LogP contribution in [0.2, 0.25) is 0 Å². The maximum Gasteiger partial charge on any atom is 0.313 e. The molecule has 0 unspecified atom stereocenters. The van der Waals surface area contributed by atoms with Gasteiger partial charge in [0.05, 0.1) is 0 Å². The lowest BCUT2D eigenvalue weighted by atomic mass is 10.1. The fraction of sp³-hybridized carbons (Fsp3) is 0.429. The predicted octanol–water partition coefficient (Wildman–Crippen LogP) is 2.86. The van der Waals surface area contributed by atoms with Crippen molar-refractivity contribution in [3.8, 4) is 0 Å². The summed E-state index contributed by atoms with van der Waals surface area (Å²) in [5, 5.41) is 5.16. The van der Waals surface area contributed by atoms with Gasteiger partial charge in [-0.1, -0.05) is 35.8 Å². The minimum Gasteiger partial charge on any atom is -0.348 e. The van der Waals surface area contributed by atoms with Crippen LogP contribution >= 0.6 is 15.9 Å². The molecule has 5 heteroatoms. The maximum atomic E-state index is 11.6. The summed E-state index contributed by atoms with van der Waals surface area (Å²) in [5.74, 6) is -0.742. The zero-order chi connectivity index (χ0) is 14.4. The largest absolute Gasteiger partial charge is 0.348 e. The van der Waals surface area contributed by atoms with Crippen LogP contribution in [-0.4, -0.2) is 18.4 Å². The lowest BCUT2D eigenvalue weighted by Crippen LogP contribution is -2.36. The lowest BCUT2D eigenvalue weighted by molar-refractivity contribution is -0.136. The summed E-state index contributed by atoms with van der Waals surface area (Å²) in [4.78, 5) is 23.2. The Balaban J connectivity index is 2.49. The number of hydrogen-bond acceptors (Lipinski definition) is 2. The Morgan fingerprint density at radius 1 is 1.26 bits per heavy atom. The third kappa shape index (κ3) is 5.42. The van der Waals surface area contributed by atoms with Gasteiger partial charge in [0.2, 0.25) is 0 Å². The monoisotopic (exact) mass is 326 g/mol. The molecule has 0 spiro atoms. The fourth-order valence-corrected chi connectivity index (χ4v) is 1.79. The van der Waals surface area contributed by atoms with E-state index in [1.54, 1.807) is 12.1 Å². The second-order valence-electron chi connectivity index (χ2n) is 4.86. The topological polar surface area (TPSA) is 58.2 Å². The molecule has 2 amide bonds. The van der Waals surface area contributed by atoms with Gasteiger partial charge in [-0.2, -0.15) is 0 Å². The van der Waals surface area contributed by atoms with Crippen molar-refractivity contribution in [2.24, 2.45) is 5.92 Å². The van der Waals surface area contributed by atoms with Gasteiger partial charge in [-0.05, 0) is 37.0 Å². The van der Waals surface area contributed by atoms with E-state index in [2.05, 4.69) is 40.4 Å². The molecule has 4 nitrogen and oxygen atoms in total. The molecule has 1 rings (SSSR count). The molecule has 0 atom stereocenters. The van der Waals surface area contributed by atoms with Gasteiger partial charge in [0, 0.05) is 16.7 Å². The average Bonchev–Trinajstić information content (AvgIpc) is 2.33. The van der Waals surface area contributed by atoms with Gasteiger partial charge < -0.3 is 10.6 Å². The van der Waals surface area contributed by atoms with Gasteiger partial charge in [-0.25, -0.2) is 0 Å². The van der Waals surface area contributed by atoms with Crippen molar-refractivity contribution in [3.63, 3.8) is 0 Å². The molecule has 0 saturated carbocycles. The molecule has 0 radical (unpaired) electrons. The third-order valence-corrected chi connectivity index (χ3v) is 3.50. The number of hydrogen-bond donors (Lipinski definition) is 2. The first-order chi connectivity index (χ1) is 8.90. The maximum absolute atomic E-state index is 11.6. The van der Waals surface area contributed by atoms with Gasteiger partial charge in [0.1, 0.15) is 0 Å². The van der Waals surface area contributed by atoms with Crippen LogP contribution in [0.4, 0.5) is 5.69 Å². The molecule has 0 aliphatic heterocycles. The second-order valence-corrected chi connectivity index (χ2v) is 5.71. The number of aryl methyl sites for hydroxylation is 1. The normalized spacial score (nSPS) is 10.4. The van der Waals surface area contributed by atoms with E-state index in [9.17, 15) is 9.59 Å². The van der Waals surface area contributed by atoms with Crippen molar-refractivity contribution >= 4 is 33.4 Å². The van der Waals surface area contributed by atoms with E-state index in [1.165, 1.54) is 0 Å². The van der Waals surface area contributed by atoms with Crippen molar-refractivity contribution < 1.29 is 9.59 Å². The molecule has 0 heterocycles. The number of benzene rings is 1. The van der Waals surface area contributed by atoms with E-state index in [4.69, 9.17) is 0 Å². The first-order valence-electron chi connectivity index (χ1n) is 6.25. The molecule has 0 aliphatic carbocycles. The van der Waals surface area contributed by atoms with Crippen LogP contribution in [0.1, 0.15) is 25.8 Å². The van der Waals surface area contributed by atoms with E-state index in [-0.39, 0.29) is 0 Å². The lowest BCUT2D eigenvalue weighted by Gasteiger charge is -2.08. The van der Waals surface area contributed by atoms with E-state index in [1.807, 2.05) is 13.0 Å². The van der Waals surface area contributed by atoms with Gasteiger partial charge in [0.25, 0.3) is 0 Å². The number of carbonyl (C=O) groups excluding carboxylic acids is 2. The minimum atomic E-state index is -0.639. The standard InChI is InChI=1S/C14H19BrN2O2/c1-9(2)6-7-16-13(18)14(19)17-11-5-4-10(3)12(15)8-11/h4-5,8-9H,6-7H2,1-3H3,(H,16,18)(H,17,19).